The number of anilines is 1. The fourth-order valence-electron chi connectivity index (χ4n) is 2.69. The van der Waals surface area contributed by atoms with E-state index in [1.165, 1.54) is 11.0 Å². The van der Waals surface area contributed by atoms with Crippen molar-refractivity contribution in [3.8, 4) is 11.5 Å². The first kappa shape index (κ1) is 23.6. The number of hydrogen-bond acceptors (Lipinski definition) is 4. The fourth-order valence-corrected chi connectivity index (χ4v) is 3.03. The van der Waals surface area contributed by atoms with Gasteiger partial charge in [0, 0.05) is 23.7 Å². The summed E-state index contributed by atoms with van der Waals surface area (Å²) in [6, 6.07) is 10.1. The summed E-state index contributed by atoms with van der Waals surface area (Å²) in [5, 5.41) is 3.51. The molecular weight excluding hydrogens is 427 g/mol. The molecule has 0 unspecified atom stereocenters. The van der Waals surface area contributed by atoms with E-state index in [0.717, 1.165) is 5.56 Å². The van der Waals surface area contributed by atoms with Crippen molar-refractivity contribution >= 4 is 46.8 Å². The third-order valence-corrected chi connectivity index (χ3v) is 4.70. The summed E-state index contributed by atoms with van der Waals surface area (Å²) in [7, 11) is 3.11. The summed E-state index contributed by atoms with van der Waals surface area (Å²) < 4.78 is 10.5. The maximum atomic E-state index is 12.7. The number of rotatable bonds is 9. The molecule has 6 nitrogen and oxygen atoms in total. The second-order valence-corrected chi connectivity index (χ2v) is 7.26. The zero-order chi connectivity index (χ0) is 22.1. The lowest BCUT2D eigenvalue weighted by atomic mass is 10.2. The van der Waals surface area contributed by atoms with Crippen LogP contribution in [-0.2, 0) is 9.59 Å². The molecule has 1 N–H and O–H groups in total. The number of benzene rings is 2. The highest BCUT2D eigenvalue weighted by Gasteiger charge is 2.15. The Labute approximate surface area is 186 Å². The molecule has 0 radical (unpaired) electrons. The molecule has 0 aliphatic rings. The number of halogens is 2. The maximum Gasteiger partial charge on any atom is 0.247 e. The van der Waals surface area contributed by atoms with Gasteiger partial charge >= 0.3 is 0 Å². The lowest BCUT2D eigenvalue weighted by Gasteiger charge is -2.20. The van der Waals surface area contributed by atoms with Gasteiger partial charge in [0.15, 0.2) is 0 Å². The second kappa shape index (κ2) is 11.5. The summed E-state index contributed by atoms with van der Waals surface area (Å²) in [6.45, 7) is 2.26. The lowest BCUT2D eigenvalue weighted by molar-refractivity contribution is -0.130. The molecule has 0 aromatic heterocycles. The number of hydrogen-bond donors (Lipinski definition) is 1. The molecule has 0 heterocycles. The highest BCUT2D eigenvalue weighted by Crippen LogP contribution is 2.25. The first-order valence-electron chi connectivity index (χ1n) is 9.31. The first-order chi connectivity index (χ1) is 14.4. The van der Waals surface area contributed by atoms with Gasteiger partial charge in [0.2, 0.25) is 11.8 Å². The number of carbonyl (C=O) groups is 2. The van der Waals surface area contributed by atoms with Crippen LogP contribution in [0.4, 0.5) is 5.69 Å². The van der Waals surface area contributed by atoms with Gasteiger partial charge in [-0.1, -0.05) is 30.1 Å². The van der Waals surface area contributed by atoms with Crippen LogP contribution in [0.2, 0.25) is 10.0 Å². The highest BCUT2D eigenvalue weighted by atomic mass is 35.5. The van der Waals surface area contributed by atoms with Crippen molar-refractivity contribution in [3.05, 3.63) is 58.1 Å². The number of nitrogens with zero attached hydrogens (tertiary/aromatic N) is 1. The molecule has 0 atom stereocenters. The second-order valence-electron chi connectivity index (χ2n) is 6.41. The quantitative estimate of drug-likeness (QED) is 0.551. The van der Waals surface area contributed by atoms with Crippen LogP contribution in [0, 0.1) is 0 Å². The predicted octanol–water partition coefficient (Wildman–Crippen LogP) is 4.90. The lowest BCUT2D eigenvalue weighted by Crippen LogP contribution is -2.37. The molecule has 0 saturated heterocycles. The molecular formula is C22H24Cl2N2O4. The van der Waals surface area contributed by atoms with E-state index in [1.54, 1.807) is 56.7 Å². The van der Waals surface area contributed by atoms with Crippen molar-refractivity contribution in [3.63, 3.8) is 0 Å². The van der Waals surface area contributed by atoms with Crippen LogP contribution < -0.4 is 14.8 Å². The van der Waals surface area contributed by atoms with Gasteiger partial charge < -0.3 is 19.7 Å². The van der Waals surface area contributed by atoms with Gasteiger partial charge in [-0.15, -0.1) is 0 Å². The van der Waals surface area contributed by atoms with Gasteiger partial charge in [-0.3, -0.25) is 9.59 Å². The van der Waals surface area contributed by atoms with Gasteiger partial charge in [-0.05, 0) is 48.4 Å². The molecule has 2 amide bonds. The van der Waals surface area contributed by atoms with Crippen LogP contribution in [-0.4, -0.2) is 44.0 Å². The van der Waals surface area contributed by atoms with Gasteiger partial charge in [-0.25, -0.2) is 0 Å². The Morgan fingerprint density at radius 1 is 1.07 bits per heavy atom. The van der Waals surface area contributed by atoms with Crippen molar-refractivity contribution in [1.82, 2.24) is 4.90 Å². The maximum absolute atomic E-state index is 12.7. The Balaban J connectivity index is 2.09. The zero-order valence-electron chi connectivity index (χ0n) is 17.1. The Morgan fingerprint density at radius 2 is 1.73 bits per heavy atom. The summed E-state index contributed by atoms with van der Waals surface area (Å²) in [5.74, 6) is 0.581. The van der Waals surface area contributed by atoms with E-state index < -0.39 is 0 Å². The minimum atomic E-state index is -0.364. The summed E-state index contributed by atoms with van der Waals surface area (Å²) in [4.78, 5) is 26.6. The summed E-state index contributed by atoms with van der Waals surface area (Å²) in [5.41, 5.74) is 1.14. The van der Waals surface area contributed by atoms with E-state index in [4.69, 9.17) is 32.7 Å². The molecule has 160 valence electrons. The molecule has 2 aromatic rings. The molecule has 0 aliphatic carbocycles. The highest BCUT2D eigenvalue weighted by molar-refractivity contribution is 6.35. The molecule has 0 bridgehead atoms. The first-order valence-corrected chi connectivity index (χ1v) is 10.1. The van der Waals surface area contributed by atoms with E-state index in [1.807, 2.05) is 6.92 Å². The molecule has 2 aromatic carbocycles. The average molecular weight is 451 g/mol. The predicted molar refractivity (Wildman–Crippen MR) is 121 cm³/mol. The minimum absolute atomic E-state index is 0.110. The van der Waals surface area contributed by atoms with Crippen molar-refractivity contribution in [2.24, 2.45) is 0 Å². The summed E-state index contributed by atoms with van der Waals surface area (Å²) >= 11 is 12.0. The van der Waals surface area contributed by atoms with E-state index in [-0.39, 0.29) is 18.4 Å². The normalized spacial score (nSPS) is 10.7. The van der Waals surface area contributed by atoms with Crippen molar-refractivity contribution in [1.29, 1.82) is 0 Å². The van der Waals surface area contributed by atoms with Crippen LogP contribution in [0.25, 0.3) is 6.08 Å². The molecule has 2 rings (SSSR count). The topological polar surface area (TPSA) is 67.9 Å². The van der Waals surface area contributed by atoms with E-state index in [2.05, 4.69) is 5.32 Å². The van der Waals surface area contributed by atoms with E-state index in [9.17, 15) is 9.59 Å². The standard InChI is InChI=1S/C22H24Cl2N2O4/c1-4-9-26(14-21(27)25-20-12-16(23)6-7-19(20)24)22(28)8-5-15-10-17(29-2)13-18(11-15)30-3/h5-8,10-13H,4,9,14H2,1-3H3,(H,25,27)/b8-5+. The fraction of sp³-hybridized carbons (Fsp3) is 0.273. The van der Waals surface area contributed by atoms with Crippen molar-refractivity contribution < 1.29 is 19.1 Å². The van der Waals surface area contributed by atoms with Gasteiger partial charge in [0.05, 0.1) is 24.9 Å². The summed E-state index contributed by atoms with van der Waals surface area (Å²) in [6.07, 6.45) is 3.78. The average Bonchev–Trinajstić information content (AvgIpc) is 2.73. The van der Waals surface area contributed by atoms with Gasteiger partial charge in [0.25, 0.3) is 0 Å². The smallest absolute Gasteiger partial charge is 0.247 e. The van der Waals surface area contributed by atoms with Crippen LogP contribution in [0.15, 0.2) is 42.5 Å². The number of ether oxygens (including phenoxy) is 2. The Hall–Kier alpha value is -2.70. The number of carbonyl (C=O) groups excluding carboxylic acids is 2. The van der Waals surface area contributed by atoms with Crippen LogP contribution in [0.1, 0.15) is 18.9 Å². The molecule has 0 fully saturated rings. The van der Waals surface area contributed by atoms with Gasteiger partial charge in [0.1, 0.15) is 18.0 Å². The van der Waals surface area contributed by atoms with Crippen molar-refractivity contribution in [2.45, 2.75) is 13.3 Å². The van der Waals surface area contributed by atoms with E-state index in [0.29, 0.717) is 40.2 Å². The van der Waals surface area contributed by atoms with Crippen LogP contribution >= 0.6 is 23.2 Å². The SMILES string of the molecule is CCCN(CC(=O)Nc1cc(Cl)ccc1Cl)C(=O)/C=C/c1cc(OC)cc(OC)c1. The van der Waals surface area contributed by atoms with Gasteiger partial charge in [-0.2, -0.15) is 0 Å². The van der Waals surface area contributed by atoms with E-state index >= 15 is 0 Å². The third kappa shape index (κ3) is 6.97. The molecule has 0 spiro atoms. The van der Waals surface area contributed by atoms with Crippen LogP contribution in [0.3, 0.4) is 0 Å². The number of nitrogens with one attached hydrogen (secondary N) is 1. The Bertz CT molecular complexity index is 909. The minimum Gasteiger partial charge on any atom is -0.497 e. The Morgan fingerprint density at radius 3 is 2.33 bits per heavy atom. The number of amides is 2. The molecule has 30 heavy (non-hydrogen) atoms. The molecule has 8 heteroatoms. The van der Waals surface area contributed by atoms with Crippen LogP contribution in [0.5, 0.6) is 11.5 Å². The third-order valence-electron chi connectivity index (χ3n) is 4.13. The van der Waals surface area contributed by atoms with Crippen molar-refractivity contribution in [2.75, 3.05) is 32.6 Å². The Kier molecular flexibility index (Phi) is 9.02. The monoisotopic (exact) mass is 450 g/mol. The molecule has 0 aliphatic heterocycles. The largest absolute Gasteiger partial charge is 0.497 e. The number of methoxy groups -OCH3 is 2. The zero-order valence-corrected chi connectivity index (χ0v) is 18.6. The molecule has 0 saturated carbocycles.